The molecule has 0 radical (unpaired) electrons. The van der Waals surface area contributed by atoms with Crippen LogP contribution in [0.3, 0.4) is 0 Å². The molecule has 1 saturated heterocycles. The minimum atomic E-state index is -0.445. The van der Waals surface area contributed by atoms with Crippen LogP contribution in [0.25, 0.3) is 0 Å². The molecular formula is C14H19N3O3. The molecule has 0 saturated carbocycles. The highest BCUT2D eigenvalue weighted by molar-refractivity contribution is 5.79. The van der Waals surface area contributed by atoms with Crippen LogP contribution in [-0.4, -0.2) is 30.0 Å². The summed E-state index contributed by atoms with van der Waals surface area (Å²) in [6.07, 6.45) is 1.31. The number of nitrogens with one attached hydrogen (secondary N) is 2. The van der Waals surface area contributed by atoms with E-state index >= 15 is 0 Å². The average molecular weight is 277 g/mol. The fourth-order valence-corrected chi connectivity index (χ4v) is 2.36. The van der Waals surface area contributed by atoms with Gasteiger partial charge in [0.15, 0.2) is 0 Å². The summed E-state index contributed by atoms with van der Waals surface area (Å²) in [6, 6.07) is 6.26. The molecule has 1 amide bonds. The minimum absolute atomic E-state index is 0.0410. The van der Waals surface area contributed by atoms with Crippen molar-refractivity contribution in [2.45, 2.75) is 25.8 Å². The van der Waals surface area contributed by atoms with E-state index < -0.39 is 4.92 Å². The number of rotatable bonds is 4. The number of piperidine rings is 1. The van der Waals surface area contributed by atoms with Gasteiger partial charge in [-0.15, -0.1) is 0 Å². The Morgan fingerprint density at radius 2 is 2.15 bits per heavy atom. The lowest BCUT2D eigenvalue weighted by atomic mass is 9.94. The Kier molecular flexibility index (Phi) is 4.68. The van der Waals surface area contributed by atoms with Crippen LogP contribution in [0.1, 0.15) is 18.9 Å². The predicted molar refractivity (Wildman–Crippen MR) is 75.4 cm³/mol. The molecule has 1 aromatic carbocycles. The first kappa shape index (κ1) is 14.5. The van der Waals surface area contributed by atoms with Crippen LogP contribution in [0, 0.1) is 16.0 Å². The van der Waals surface area contributed by atoms with Gasteiger partial charge in [-0.2, -0.15) is 0 Å². The normalized spacial score (nSPS) is 22.2. The lowest BCUT2D eigenvalue weighted by Gasteiger charge is -2.30. The van der Waals surface area contributed by atoms with Crippen molar-refractivity contribution in [2.24, 2.45) is 5.92 Å². The molecule has 1 heterocycles. The lowest BCUT2D eigenvalue weighted by Crippen LogP contribution is -2.50. The van der Waals surface area contributed by atoms with Crippen molar-refractivity contribution >= 4 is 11.6 Å². The van der Waals surface area contributed by atoms with E-state index in [1.54, 1.807) is 12.1 Å². The number of nitro groups is 1. The number of non-ortho nitro benzene ring substituents is 1. The standard InChI is InChI=1S/C14H19N3O3/c1-10-6-7-15-9-13(10)16-14(18)8-11-2-4-12(5-3-11)17(19)20/h2-5,10,13,15H,6-9H2,1H3,(H,16,18). The summed E-state index contributed by atoms with van der Waals surface area (Å²) in [7, 11) is 0. The molecule has 2 unspecified atom stereocenters. The number of nitrogens with zero attached hydrogens (tertiary/aromatic N) is 1. The second-order valence-electron chi connectivity index (χ2n) is 5.24. The molecule has 0 aromatic heterocycles. The smallest absolute Gasteiger partial charge is 0.269 e. The molecule has 0 aliphatic carbocycles. The molecule has 2 atom stereocenters. The van der Waals surface area contributed by atoms with Crippen LogP contribution >= 0.6 is 0 Å². The molecule has 2 rings (SSSR count). The van der Waals surface area contributed by atoms with Gasteiger partial charge in [0, 0.05) is 24.7 Å². The molecule has 0 spiro atoms. The van der Waals surface area contributed by atoms with E-state index in [0.717, 1.165) is 25.1 Å². The number of carbonyl (C=O) groups excluding carboxylic acids is 1. The van der Waals surface area contributed by atoms with Gasteiger partial charge in [0.2, 0.25) is 5.91 Å². The van der Waals surface area contributed by atoms with Gasteiger partial charge in [-0.1, -0.05) is 19.1 Å². The van der Waals surface area contributed by atoms with Crippen LogP contribution < -0.4 is 10.6 Å². The number of hydrogen-bond acceptors (Lipinski definition) is 4. The van der Waals surface area contributed by atoms with Gasteiger partial charge in [-0.25, -0.2) is 0 Å². The van der Waals surface area contributed by atoms with Crippen LogP contribution in [-0.2, 0) is 11.2 Å². The van der Waals surface area contributed by atoms with E-state index in [2.05, 4.69) is 17.6 Å². The third-order valence-corrected chi connectivity index (χ3v) is 3.69. The van der Waals surface area contributed by atoms with Crippen LogP contribution in [0.4, 0.5) is 5.69 Å². The van der Waals surface area contributed by atoms with Crippen molar-refractivity contribution in [1.29, 1.82) is 0 Å². The Morgan fingerprint density at radius 3 is 2.75 bits per heavy atom. The zero-order chi connectivity index (χ0) is 14.5. The Hall–Kier alpha value is -1.95. The van der Waals surface area contributed by atoms with Crippen LogP contribution in [0.15, 0.2) is 24.3 Å². The Morgan fingerprint density at radius 1 is 1.45 bits per heavy atom. The van der Waals surface area contributed by atoms with Gasteiger partial charge >= 0.3 is 0 Å². The number of carbonyl (C=O) groups is 1. The largest absolute Gasteiger partial charge is 0.352 e. The number of amides is 1. The summed E-state index contributed by atoms with van der Waals surface area (Å²) < 4.78 is 0. The molecular weight excluding hydrogens is 258 g/mol. The summed E-state index contributed by atoms with van der Waals surface area (Å²) in [4.78, 5) is 22.1. The molecule has 0 bridgehead atoms. The van der Waals surface area contributed by atoms with Gasteiger partial charge in [0.25, 0.3) is 5.69 Å². The lowest BCUT2D eigenvalue weighted by molar-refractivity contribution is -0.384. The van der Waals surface area contributed by atoms with Gasteiger partial charge in [0.05, 0.1) is 11.3 Å². The fraction of sp³-hybridized carbons (Fsp3) is 0.500. The second kappa shape index (κ2) is 6.47. The topological polar surface area (TPSA) is 84.3 Å². The zero-order valence-electron chi connectivity index (χ0n) is 11.5. The minimum Gasteiger partial charge on any atom is -0.352 e. The van der Waals surface area contributed by atoms with E-state index in [4.69, 9.17) is 0 Å². The van der Waals surface area contributed by atoms with Crippen molar-refractivity contribution < 1.29 is 9.72 Å². The first-order valence-electron chi connectivity index (χ1n) is 6.79. The van der Waals surface area contributed by atoms with Crippen molar-refractivity contribution in [2.75, 3.05) is 13.1 Å². The summed E-state index contributed by atoms with van der Waals surface area (Å²) in [5.41, 5.74) is 0.823. The molecule has 1 aromatic rings. The third-order valence-electron chi connectivity index (χ3n) is 3.69. The molecule has 6 nitrogen and oxygen atoms in total. The van der Waals surface area contributed by atoms with E-state index in [-0.39, 0.29) is 24.1 Å². The maximum Gasteiger partial charge on any atom is 0.269 e. The quantitative estimate of drug-likeness (QED) is 0.641. The molecule has 20 heavy (non-hydrogen) atoms. The molecule has 6 heteroatoms. The highest BCUT2D eigenvalue weighted by atomic mass is 16.6. The average Bonchev–Trinajstić information content (AvgIpc) is 2.42. The van der Waals surface area contributed by atoms with Crippen molar-refractivity contribution in [1.82, 2.24) is 10.6 Å². The maximum absolute atomic E-state index is 12.0. The number of benzene rings is 1. The van der Waals surface area contributed by atoms with Gasteiger partial charge in [0.1, 0.15) is 0 Å². The summed E-state index contributed by atoms with van der Waals surface area (Å²) in [6.45, 7) is 3.93. The summed E-state index contributed by atoms with van der Waals surface area (Å²) in [5.74, 6) is 0.427. The van der Waals surface area contributed by atoms with E-state index in [1.165, 1.54) is 12.1 Å². The highest BCUT2D eigenvalue weighted by Gasteiger charge is 2.22. The predicted octanol–water partition coefficient (Wildman–Crippen LogP) is 1.25. The fourth-order valence-electron chi connectivity index (χ4n) is 2.36. The summed E-state index contributed by atoms with van der Waals surface area (Å²) in [5, 5.41) is 16.8. The van der Waals surface area contributed by atoms with Crippen LogP contribution in [0.2, 0.25) is 0 Å². The van der Waals surface area contributed by atoms with Crippen molar-refractivity contribution in [3.8, 4) is 0 Å². The van der Waals surface area contributed by atoms with Gasteiger partial charge < -0.3 is 10.6 Å². The summed E-state index contributed by atoms with van der Waals surface area (Å²) >= 11 is 0. The molecule has 108 valence electrons. The third kappa shape index (κ3) is 3.77. The van der Waals surface area contributed by atoms with E-state index in [9.17, 15) is 14.9 Å². The molecule has 2 N–H and O–H groups in total. The Bertz CT molecular complexity index is 487. The molecule has 1 aliphatic heterocycles. The van der Waals surface area contributed by atoms with Crippen molar-refractivity contribution in [3.05, 3.63) is 39.9 Å². The Balaban J connectivity index is 1.89. The maximum atomic E-state index is 12.0. The SMILES string of the molecule is CC1CCNCC1NC(=O)Cc1ccc([N+](=O)[O-])cc1. The van der Waals surface area contributed by atoms with E-state index in [1.807, 2.05) is 0 Å². The first-order chi connectivity index (χ1) is 9.56. The van der Waals surface area contributed by atoms with E-state index in [0.29, 0.717) is 5.92 Å². The number of hydrogen-bond donors (Lipinski definition) is 2. The highest BCUT2D eigenvalue weighted by Crippen LogP contribution is 2.14. The number of nitro benzene ring substituents is 1. The Labute approximate surface area is 117 Å². The second-order valence-corrected chi connectivity index (χ2v) is 5.24. The molecule has 1 fully saturated rings. The zero-order valence-corrected chi connectivity index (χ0v) is 11.5. The van der Waals surface area contributed by atoms with Gasteiger partial charge in [-0.05, 0) is 24.4 Å². The van der Waals surface area contributed by atoms with Crippen molar-refractivity contribution in [3.63, 3.8) is 0 Å². The molecule has 1 aliphatic rings. The van der Waals surface area contributed by atoms with Gasteiger partial charge in [-0.3, -0.25) is 14.9 Å². The van der Waals surface area contributed by atoms with Crippen LogP contribution in [0.5, 0.6) is 0 Å². The first-order valence-corrected chi connectivity index (χ1v) is 6.79. The monoisotopic (exact) mass is 277 g/mol.